The van der Waals surface area contributed by atoms with Crippen molar-refractivity contribution in [1.29, 1.82) is 0 Å². The molecule has 2 aromatic heterocycles. The van der Waals surface area contributed by atoms with E-state index < -0.39 is 5.91 Å². The molecule has 9 heteroatoms. The Morgan fingerprint density at radius 2 is 2.26 bits per heavy atom. The van der Waals surface area contributed by atoms with Crippen molar-refractivity contribution < 1.29 is 4.79 Å². The number of hydrogen-bond donors (Lipinski definition) is 3. The van der Waals surface area contributed by atoms with Crippen LogP contribution in [-0.2, 0) is 6.42 Å². The molecule has 100 valence electrons. The Bertz CT molecular complexity index is 626. The highest BCUT2D eigenvalue weighted by molar-refractivity contribution is 9.11. The summed E-state index contributed by atoms with van der Waals surface area (Å²) in [5, 5.41) is 9.21. The molecule has 0 saturated heterocycles. The lowest BCUT2D eigenvalue weighted by Crippen LogP contribution is -2.16. The van der Waals surface area contributed by atoms with Gasteiger partial charge in [-0.3, -0.25) is 9.89 Å². The van der Waals surface area contributed by atoms with E-state index in [1.165, 1.54) is 6.20 Å². The summed E-state index contributed by atoms with van der Waals surface area (Å²) < 4.78 is 0.977. The van der Waals surface area contributed by atoms with E-state index in [1.54, 1.807) is 0 Å². The summed E-state index contributed by atoms with van der Waals surface area (Å²) in [5.41, 5.74) is 7.04. The Balaban J connectivity index is 2.23. The summed E-state index contributed by atoms with van der Waals surface area (Å²) in [4.78, 5) is 20.1. The van der Waals surface area contributed by atoms with Gasteiger partial charge in [-0.25, -0.2) is 9.97 Å². The number of hydrogen-bond acceptors (Lipinski definition) is 5. The Hall–Kier alpha value is -1.48. The van der Waals surface area contributed by atoms with E-state index in [0.29, 0.717) is 27.1 Å². The first-order valence-corrected chi connectivity index (χ1v) is 6.93. The molecule has 0 saturated carbocycles. The van der Waals surface area contributed by atoms with Crippen LogP contribution in [0.4, 0.5) is 11.5 Å². The number of amides is 1. The van der Waals surface area contributed by atoms with E-state index in [4.69, 9.17) is 5.73 Å². The van der Waals surface area contributed by atoms with E-state index in [-0.39, 0.29) is 5.69 Å². The van der Waals surface area contributed by atoms with Crippen LogP contribution in [-0.4, -0.2) is 26.1 Å². The van der Waals surface area contributed by atoms with Crippen molar-refractivity contribution in [3.63, 3.8) is 0 Å². The van der Waals surface area contributed by atoms with Crippen LogP contribution in [0.2, 0.25) is 0 Å². The van der Waals surface area contributed by atoms with Gasteiger partial charge in [0, 0.05) is 0 Å². The molecule has 0 spiro atoms. The lowest BCUT2D eigenvalue weighted by Gasteiger charge is -2.04. The zero-order chi connectivity index (χ0) is 14.0. The maximum atomic E-state index is 12.0. The highest BCUT2D eigenvalue weighted by Gasteiger charge is 2.18. The van der Waals surface area contributed by atoms with Crippen molar-refractivity contribution in [3.05, 3.63) is 26.8 Å². The van der Waals surface area contributed by atoms with Gasteiger partial charge >= 0.3 is 0 Å². The predicted molar refractivity (Wildman–Crippen MR) is 77.8 cm³/mol. The summed E-state index contributed by atoms with van der Waals surface area (Å²) in [6, 6.07) is 0. The average molecular weight is 390 g/mol. The minimum atomic E-state index is -0.439. The monoisotopic (exact) mass is 388 g/mol. The van der Waals surface area contributed by atoms with Gasteiger partial charge < -0.3 is 11.1 Å². The molecule has 0 atom stereocenters. The summed E-state index contributed by atoms with van der Waals surface area (Å²) in [7, 11) is 0. The van der Waals surface area contributed by atoms with E-state index in [2.05, 4.69) is 57.3 Å². The van der Waals surface area contributed by atoms with Crippen LogP contribution in [0.1, 0.15) is 23.1 Å². The van der Waals surface area contributed by atoms with Gasteiger partial charge in [0.1, 0.15) is 9.21 Å². The first kappa shape index (κ1) is 13.9. The summed E-state index contributed by atoms with van der Waals surface area (Å²) in [5.74, 6) is -0.139. The minimum absolute atomic E-state index is 0.147. The molecule has 0 unspecified atom stereocenters. The highest BCUT2D eigenvalue weighted by atomic mass is 79.9. The largest absolute Gasteiger partial charge is 0.395 e. The second-order valence-electron chi connectivity index (χ2n) is 3.60. The van der Waals surface area contributed by atoms with Crippen LogP contribution in [0.5, 0.6) is 0 Å². The second-order valence-corrected chi connectivity index (χ2v) is 5.17. The first-order valence-electron chi connectivity index (χ1n) is 5.35. The number of carbonyl (C=O) groups is 1. The number of carbonyl (C=O) groups excluding carboxylic acids is 1. The third-order valence-corrected chi connectivity index (χ3v) is 3.32. The number of aromatic amines is 1. The maximum absolute atomic E-state index is 12.0. The fraction of sp³-hybridized carbons (Fsp3) is 0.200. The molecule has 2 aromatic rings. The second kappa shape index (κ2) is 5.66. The van der Waals surface area contributed by atoms with Gasteiger partial charge in [0.15, 0.2) is 11.5 Å². The van der Waals surface area contributed by atoms with Gasteiger partial charge in [0.25, 0.3) is 5.91 Å². The number of nitrogens with one attached hydrogen (secondary N) is 2. The molecule has 4 N–H and O–H groups in total. The van der Waals surface area contributed by atoms with Crippen molar-refractivity contribution in [1.82, 2.24) is 20.2 Å². The number of rotatable bonds is 3. The summed E-state index contributed by atoms with van der Waals surface area (Å²) >= 11 is 6.39. The number of aromatic nitrogens is 4. The Labute approximate surface area is 125 Å². The highest BCUT2D eigenvalue weighted by Crippen LogP contribution is 2.21. The SMILES string of the molecule is CCc1[nH]nc(C(=O)Nc2ncc(Br)nc2Br)c1N. The van der Waals surface area contributed by atoms with Crippen molar-refractivity contribution in [3.8, 4) is 0 Å². The van der Waals surface area contributed by atoms with Gasteiger partial charge in [0.05, 0.1) is 17.6 Å². The quantitative estimate of drug-likeness (QED) is 0.744. The fourth-order valence-corrected chi connectivity index (χ4v) is 2.34. The molecule has 7 nitrogen and oxygen atoms in total. The number of nitrogen functional groups attached to an aromatic ring is 1. The Kier molecular flexibility index (Phi) is 4.15. The van der Waals surface area contributed by atoms with Gasteiger partial charge in [-0.1, -0.05) is 6.92 Å². The maximum Gasteiger partial charge on any atom is 0.279 e. The Morgan fingerprint density at radius 3 is 2.84 bits per heavy atom. The van der Waals surface area contributed by atoms with E-state index >= 15 is 0 Å². The lowest BCUT2D eigenvalue weighted by molar-refractivity contribution is 0.102. The number of H-pyrrole nitrogens is 1. The molecule has 0 aliphatic heterocycles. The zero-order valence-corrected chi connectivity index (χ0v) is 13.0. The molecule has 1 amide bonds. The number of anilines is 2. The molecule has 2 rings (SSSR count). The lowest BCUT2D eigenvalue weighted by atomic mass is 10.2. The molecule has 0 fully saturated rings. The molecule has 0 aromatic carbocycles. The van der Waals surface area contributed by atoms with Crippen LogP contribution in [0.25, 0.3) is 0 Å². The number of halogens is 2. The minimum Gasteiger partial charge on any atom is -0.395 e. The third kappa shape index (κ3) is 2.92. The molecule has 0 radical (unpaired) electrons. The smallest absolute Gasteiger partial charge is 0.279 e. The molecular weight excluding hydrogens is 380 g/mol. The fourth-order valence-electron chi connectivity index (χ4n) is 1.43. The molecule has 19 heavy (non-hydrogen) atoms. The predicted octanol–water partition coefficient (Wildman–Crippen LogP) is 2.12. The topological polar surface area (TPSA) is 110 Å². The summed E-state index contributed by atoms with van der Waals surface area (Å²) in [6.45, 7) is 1.92. The molecule has 0 aliphatic rings. The van der Waals surface area contributed by atoms with Crippen LogP contribution in [0.15, 0.2) is 15.4 Å². The number of aryl methyl sites for hydroxylation is 1. The Morgan fingerprint density at radius 1 is 1.53 bits per heavy atom. The number of nitrogens with two attached hydrogens (primary N) is 1. The zero-order valence-electron chi connectivity index (χ0n) is 9.87. The molecule has 0 bridgehead atoms. The van der Waals surface area contributed by atoms with E-state index in [9.17, 15) is 4.79 Å². The van der Waals surface area contributed by atoms with Gasteiger partial charge in [-0.2, -0.15) is 5.10 Å². The molecular formula is C10H10Br2N6O. The molecule has 2 heterocycles. The van der Waals surface area contributed by atoms with Crippen molar-refractivity contribution in [2.75, 3.05) is 11.1 Å². The van der Waals surface area contributed by atoms with Crippen molar-refractivity contribution in [2.45, 2.75) is 13.3 Å². The number of nitrogens with zero attached hydrogens (tertiary/aromatic N) is 3. The van der Waals surface area contributed by atoms with Crippen LogP contribution in [0, 0.1) is 0 Å². The molecule has 0 aliphatic carbocycles. The van der Waals surface area contributed by atoms with Crippen molar-refractivity contribution in [2.24, 2.45) is 0 Å². The van der Waals surface area contributed by atoms with E-state index in [1.807, 2.05) is 6.92 Å². The van der Waals surface area contributed by atoms with Gasteiger partial charge in [-0.05, 0) is 38.3 Å². The van der Waals surface area contributed by atoms with Crippen LogP contribution < -0.4 is 11.1 Å². The van der Waals surface area contributed by atoms with Gasteiger partial charge in [-0.15, -0.1) is 0 Å². The van der Waals surface area contributed by atoms with Crippen LogP contribution in [0.3, 0.4) is 0 Å². The summed E-state index contributed by atoms with van der Waals surface area (Å²) in [6.07, 6.45) is 2.15. The van der Waals surface area contributed by atoms with Gasteiger partial charge in [0.2, 0.25) is 0 Å². The third-order valence-electron chi connectivity index (χ3n) is 2.38. The first-order chi connectivity index (χ1) is 9.02. The van der Waals surface area contributed by atoms with Crippen molar-refractivity contribution >= 4 is 49.3 Å². The normalized spacial score (nSPS) is 10.5. The standard InChI is InChI=1S/C10H10Br2N6O/c1-2-4-6(13)7(18-17-4)10(19)16-9-8(12)15-5(11)3-14-9/h3H,2,13H2,1H3,(H,17,18)(H,14,16,19). The van der Waals surface area contributed by atoms with E-state index in [0.717, 1.165) is 5.69 Å². The van der Waals surface area contributed by atoms with Crippen LogP contribution >= 0.6 is 31.9 Å². The average Bonchev–Trinajstić information content (AvgIpc) is 2.74.